The van der Waals surface area contributed by atoms with Gasteiger partial charge in [0.15, 0.2) is 0 Å². The molecular weight excluding hydrogens is 546 g/mol. The first-order chi connectivity index (χ1) is 20.7. The molecule has 1 N–H and O–H groups in total. The molecule has 0 spiro atoms. The second kappa shape index (κ2) is 16.9. The van der Waals surface area contributed by atoms with Gasteiger partial charge in [-0.15, -0.1) is 0 Å². The van der Waals surface area contributed by atoms with Crippen molar-refractivity contribution in [1.29, 1.82) is 0 Å². The Bertz CT molecular complexity index is 1180. The SMILES string of the molecule is CCCCC(OC(=O)N1CCc2cc(OCc3ccccc3)ccc2C1C(=O)NCCN(C(C)C)C(C)C)C(=O)OCC. The summed E-state index contributed by atoms with van der Waals surface area (Å²) in [5, 5.41) is 3.06. The van der Waals surface area contributed by atoms with E-state index in [0.717, 1.165) is 23.1 Å². The first-order valence-corrected chi connectivity index (χ1v) is 15.6. The fraction of sp³-hybridized carbons (Fsp3) is 0.559. The maximum atomic E-state index is 13.8. The van der Waals surface area contributed by atoms with Crippen molar-refractivity contribution in [3.8, 4) is 5.75 Å². The van der Waals surface area contributed by atoms with Gasteiger partial charge in [0.2, 0.25) is 12.0 Å². The normalized spacial score (nSPS) is 15.3. The van der Waals surface area contributed by atoms with E-state index < -0.39 is 24.2 Å². The zero-order chi connectivity index (χ0) is 31.4. The minimum atomic E-state index is -1.02. The van der Waals surface area contributed by atoms with Crippen LogP contribution in [0.5, 0.6) is 5.75 Å². The summed E-state index contributed by atoms with van der Waals surface area (Å²) in [6.07, 6.45) is 0.716. The molecule has 1 heterocycles. The Morgan fingerprint density at radius 3 is 2.40 bits per heavy atom. The monoisotopic (exact) mass is 595 g/mol. The molecule has 9 heteroatoms. The summed E-state index contributed by atoms with van der Waals surface area (Å²) in [7, 11) is 0. The van der Waals surface area contributed by atoms with Crippen molar-refractivity contribution in [2.24, 2.45) is 0 Å². The number of esters is 1. The van der Waals surface area contributed by atoms with Crippen LogP contribution >= 0.6 is 0 Å². The number of nitrogens with one attached hydrogen (secondary N) is 1. The van der Waals surface area contributed by atoms with Gasteiger partial charge in [0.05, 0.1) is 6.61 Å². The number of carbonyl (C=O) groups is 3. The van der Waals surface area contributed by atoms with Crippen molar-refractivity contribution in [1.82, 2.24) is 15.1 Å². The molecule has 2 unspecified atom stereocenters. The lowest BCUT2D eigenvalue weighted by atomic mass is 9.92. The number of fused-ring (bicyclic) bond motifs is 1. The first-order valence-electron chi connectivity index (χ1n) is 15.6. The van der Waals surface area contributed by atoms with Crippen LogP contribution in [0.4, 0.5) is 4.79 Å². The Balaban J connectivity index is 1.83. The molecule has 0 fully saturated rings. The van der Waals surface area contributed by atoms with Gasteiger partial charge in [-0.1, -0.05) is 49.7 Å². The van der Waals surface area contributed by atoms with E-state index in [1.54, 1.807) is 6.92 Å². The van der Waals surface area contributed by atoms with Crippen molar-refractivity contribution in [2.75, 3.05) is 26.2 Å². The molecule has 0 bridgehead atoms. The van der Waals surface area contributed by atoms with Gasteiger partial charge in [0, 0.05) is 31.7 Å². The van der Waals surface area contributed by atoms with E-state index in [9.17, 15) is 14.4 Å². The van der Waals surface area contributed by atoms with E-state index in [2.05, 4.69) is 37.9 Å². The van der Waals surface area contributed by atoms with Crippen molar-refractivity contribution in [3.05, 3.63) is 65.2 Å². The molecule has 0 saturated heterocycles. The van der Waals surface area contributed by atoms with Crippen molar-refractivity contribution in [2.45, 2.75) is 98.1 Å². The predicted octanol–water partition coefficient (Wildman–Crippen LogP) is 5.66. The average molecular weight is 596 g/mol. The lowest BCUT2D eigenvalue weighted by Crippen LogP contribution is -2.50. The third-order valence-corrected chi connectivity index (χ3v) is 7.68. The molecule has 1 aliphatic heterocycles. The summed E-state index contributed by atoms with van der Waals surface area (Å²) in [5.41, 5.74) is 2.72. The number of unbranched alkanes of at least 4 members (excludes halogenated alkanes) is 1. The number of nitrogens with zero attached hydrogens (tertiary/aromatic N) is 2. The van der Waals surface area contributed by atoms with E-state index in [-0.39, 0.29) is 19.1 Å². The molecule has 2 atom stereocenters. The number of carbonyl (C=O) groups excluding carboxylic acids is 3. The molecule has 9 nitrogen and oxygen atoms in total. The van der Waals surface area contributed by atoms with Crippen molar-refractivity contribution in [3.63, 3.8) is 0 Å². The van der Waals surface area contributed by atoms with Crippen molar-refractivity contribution >= 4 is 18.0 Å². The summed E-state index contributed by atoms with van der Waals surface area (Å²) < 4.78 is 16.9. The molecule has 2 aromatic carbocycles. The molecule has 43 heavy (non-hydrogen) atoms. The molecule has 236 valence electrons. The maximum Gasteiger partial charge on any atom is 0.411 e. The second-order valence-electron chi connectivity index (χ2n) is 11.5. The molecule has 0 aromatic heterocycles. The fourth-order valence-electron chi connectivity index (χ4n) is 5.47. The number of hydrogen-bond acceptors (Lipinski definition) is 7. The molecule has 2 amide bonds. The number of ether oxygens (including phenoxy) is 3. The number of hydrogen-bond donors (Lipinski definition) is 1. The maximum absolute atomic E-state index is 13.8. The highest BCUT2D eigenvalue weighted by molar-refractivity contribution is 5.88. The van der Waals surface area contributed by atoms with Gasteiger partial charge in [-0.2, -0.15) is 0 Å². The minimum absolute atomic E-state index is 0.194. The van der Waals surface area contributed by atoms with E-state index in [1.807, 2.05) is 55.5 Å². The van der Waals surface area contributed by atoms with Gasteiger partial charge < -0.3 is 19.5 Å². The lowest BCUT2D eigenvalue weighted by molar-refractivity contribution is -0.154. The van der Waals surface area contributed by atoms with Crippen LogP contribution in [0, 0.1) is 0 Å². The smallest absolute Gasteiger partial charge is 0.411 e. The topological polar surface area (TPSA) is 97.4 Å². The molecule has 0 radical (unpaired) electrons. The number of rotatable bonds is 15. The van der Waals surface area contributed by atoms with Gasteiger partial charge in [0.1, 0.15) is 18.4 Å². The Kier molecular flexibility index (Phi) is 13.3. The van der Waals surface area contributed by atoms with Crippen molar-refractivity contribution < 1.29 is 28.6 Å². The summed E-state index contributed by atoms with van der Waals surface area (Å²) in [6.45, 7) is 14.2. The standard InChI is InChI=1S/C34H49N3O6/c1-7-9-15-30(33(39)41-8-2)43-34(40)37-20-18-27-22-28(42-23-26-13-11-10-12-14-26)16-17-29(27)31(37)32(38)35-19-21-36(24(3)4)25(5)6/h10-14,16-17,22,24-25,30-31H,7-9,15,18-21,23H2,1-6H3,(H,35,38). The first kappa shape index (κ1) is 33.9. The van der Waals surface area contributed by atoms with Gasteiger partial charge in [-0.05, 0) is 82.7 Å². The van der Waals surface area contributed by atoms with Crippen LogP contribution in [0.3, 0.4) is 0 Å². The highest BCUT2D eigenvalue weighted by atomic mass is 16.6. The Labute approximate surface area is 256 Å². The van der Waals surface area contributed by atoms with Gasteiger partial charge in [0.25, 0.3) is 0 Å². The quantitative estimate of drug-likeness (QED) is 0.266. The van der Waals surface area contributed by atoms with E-state index >= 15 is 0 Å². The Morgan fingerprint density at radius 1 is 1.02 bits per heavy atom. The summed E-state index contributed by atoms with van der Waals surface area (Å²) in [6, 6.07) is 15.3. The zero-order valence-electron chi connectivity index (χ0n) is 26.6. The number of benzene rings is 2. The van der Waals surface area contributed by atoms with Gasteiger partial charge in [-0.25, -0.2) is 9.59 Å². The average Bonchev–Trinajstić information content (AvgIpc) is 2.99. The zero-order valence-corrected chi connectivity index (χ0v) is 26.6. The van der Waals surface area contributed by atoms with E-state index in [0.29, 0.717) is 56.8 Å². The lowest BCUT2D eigenvalue weighted by Gasteiger charge is -2.37. The van der Waals surface area contributed by atoms with E-state index in [4.69, 9.17) is 14.2 Å². The van der Waals surface area contributed by atoms with Crippen LogP contribution in [0.15, 0.2) is 48.5 Å². The van der Waals surface area contributed by atoms with Crippen LogP contribution in [0.2, 0.25) is 0 Å². The van der Waals surface area contributed by atoms with Gasteiger partial charge >= 0.3 is 12.1 Å². The van der Waals surface area contributed by atoms with Crippen LogP contribution in [-0.4, -0.2) is 72.2 Å². The third-order valence-electron chi connectivity index (χ3n) is 7.68. The van der Waals surface area contributed by atoms with Crippen LogP contribution < -0.4 is 10.1 Å². The largest absolute Gasteiger partial charge is 0.489 e. The Morgan fingerprint density at radius 2 is 1.74 bits per heavy atom. The van der Waals surface area contributed by atoms with Crippen LogP contribution in [-0.2, 0) is 32.1 Å². The molecular formula is C34H49N3O6. The van der Waals surface area contributed by atoms with Crippen LogP contribution in [0.25, 0.3) is 0 Å². The fourth-order valence-corrected chi connectivity index (χ4v) is 5.47. The van der Waals surface area contributed by atoms with E-state index in [1.165, 1.54) is 4.90 Å². The minimum Gasteiger partial charge on any atom is -0.489 e. The van der Waals surface area contributed by atoms with Crippen LogP contribution in [0.1, 0.15) is 83.5 Å². The summed E-state index contributed by atoms with van der Waals surface area (Å²) in [4.78, 5) is 43.7. The molecule has 0 saturated carbocycles. The highest BCUT2D eigenvalue weighted by Crippen LogP contribution is 2.33. The molecule has 2 aromatic rings. The number of amides is 2. The molecule has 3 rings (SSSR count). The highest BCUT2D eigenvalue weighted by Gasteiger charge is 2.39. The molecule has 1 aliphatic rings. The Hall–Kier alpha value is -3.59. The predicted molar refractivity (Wildman–Crippen MR) is 167 cm³/mol. The van der Waals surface area contributed by atoms with Gasteiger partial charge in [-0.3, -0.25) is 14.6 Å². The summed E-state index contributed by atoms with van der Waals surface area (Å²) in [5.74, 6) is -0.154. The molecule has 0 aliphatic carbocycles. The summed E-state index contributed by atoms with van der Waals surface area (Å²) >= 11 is 0. The third kappa shape index (κ3) is 9.71. The second-order valence-corrected chi connectivity index (χ2v) is 11.5.